The highest BCUT2D eigenvalue weighted by Gasteiger charge is 2.30. The van der Waals surface area contributed by atoms with Gasteiger partial charge in [0.2, 0.25) is 0 Å². The Balaban J connectivity index is 1.89. The third-order valence-corrected chi connectivity index (χ3v) is 4.59. The zero-order valence-electron chi connectivity index (χ0n) is 16.2. The van der Waals surface area contributed by atoms with Crippen LogP contribution in [0, 0.1) is 23.4 Å². The van der Waals surface area contributed by atoms with Gasteiger partial charge in [0.15, 0.2) is 11.6 Å². The first-order valence-electron chi connectivity index (χ1n) is 8.98. The van der Waals surface area contributed by atoms with Gasteiger partial charge in [-0.15, -0.1) is 0 Å². The number of halogens is 3. The van der Waals surface area contributed by atoms with Crippen molar-refractivity contribution in [3.63, 3.8) is 0 Å². The summed E-state index contributed by atoms with van der Waals surface area (Å²) in [6, 6.07) is 9.56. The Morgan fingerprint density at radius 2 is 1.70 bits per heavy atom. The van der Waals surface area contributed by atoms with Gasteiger partial charge in [0, 0.05) is 23.9 Å². The van der Waals surface area contributed by atoms with E-state index in [9.17, 15) is 22.8 Å². The van der Waals surface area contributed by atoms with Crippen LogP contribution in [-0.4, -0.2) is 24.1 Å². The first-order valence-corrected chi connectivity index (χ1v) is 8.98. The summed E-state index contributed by atoms with van der Waals surface area (Å²) >= 11 is 0. The number of methoxy groups -OCH3 is 1. The Labute approximate surface area is 171 Å². The van der Waals surface area contributed by atoms with Gasteiger partial charge in [0.1, 0.15) is 11.6 Å². The Hall–Kier alpha value is -3.55. The van der Waals surface area contributed by atoms with Gasteiger partial charge in [-0.1, -0.05) is 24.3 Å². The molecule has 0 N–H and O–H groups in total. The molecule has 0 unspecified atom stereocenters. The SMILES string of the molecule is COC(=O)C1=CN(C(=O)Oc2ccccc2)C(C)=C[C@H]1Cc1cc(F)c(F)cc1F. The number of hydrogen-bond donors (Lipinski definition) is 0. The molecule has 0 aliphatic carbocycles. The molecule has 0 fully saturated rings. The maximum Gasteiger partial charge on any atom is 0.423 e. The Bertz CT molecular complexity index is 1030. The minimum absolute atomic E-state index is 0.0391. The number of esters is 1. The van der Waals surface area contributed by atoms with E-state index in [4.69, 9.17) is 9.47 Å². The smallest absolute Gasteiger partial charge is 0.423 e. The molecule has 0 aromatic heterocycles. The quantitative estimate of drug-likeness (QED) is 0.533. The lowest BCUT2D eigenvalue weighted by molar-refractivity contribution is -0.136. The number of benzene rings is 2. The molecule has 0 saturated carbocycles. The normalized spacial score (nSPS) is 15.9. The number of nitrogens with zero attached hydrogens (tertiary/aromatic N) is 1. The number of hydrogen-bond acceptors (Lipinski definition) is 4. The molecule has 5 nitrogen and oxygen atoms in total. The summed E-state index contributed by atoms with van der Waals surface area (Å²) in [5.41, 5.74) is 0.340. The highest BCUT2D eigenvalue weighted by atomic mass is 19.2. The largest absolute Gasteiger partial charge is 0.466 e. The van der Waals surface area contributed by atoms with E-state index < -0.39 is 35.4 Å². The summed E-state index contributed by atoms with van der Waals surface area (Å²) in [6.07, 6.45) is 1.89. The minimum atomic E-state index is -1.30. The first-order chi connectivity index (χ1) is 14.3. The Morgan fingerprint density at radius 1 is 1.03 bits per heavy atom. The van der Waals surface area contributed by atoms with Gasteiger partial charge in [-0.25, -0.2) is 22.8 Å². The minimum Gasteiger partial charge on any atom is -0.466 e. The average molecular weight is 417 g/mol. The topological polar surface area (TPSA) is 55.8 Å². The van der Waals surface area contributed by atoms with E-state index in [1.165, 1.54) is 6.20 Å². The number of carbonyl (C=O) groups excluding carboxylic acids is 2. The number of para-hydroxylation sites is 1. The van der Waals surface area contributed by atoms with E-state index >= 15 is 0 Å². The Morgan fingerprint density at radius 3 is 2.37 bits per heavy atom. The van der Waals surface area contributed by atoms with Crippen LogP contribution in [0.4, 0.5) is 18.0 Å². The molecule has 0 spiro atoms. The van der Waals surface area contributed by atoms with Crippen molar-refractivity contribution >= 4 is 12.1 Å². The number of rotatable bonds is 4. The molecule has 1 amide bonds. The van der Waals surface area contributed by atoms with E-state index in [1.807, 2.05) is 0 Å². The van der Waals surface area contributed by atoms with Crippen molar-refractivity contribution in [2.24, 2.45) is 5.92 Å². The molecule has 8 heteroatoms. The van der Waals surface area contributed by atoms with Gasteiger partial charge in [0.25, 0.3) is 0 Å². The van der Waals surface area contributed by atoms with Crippen LogP contribution >= 0.6 is 0 Å². The van der Waals surface area contributed by atoms with Crippen molar-refractivity contribution in [1.29, 1.82) is 0 Å². The molecule has 1 aliphatic rings. The van der Waals surface area contributed by atoms with Crippen LogP contribution in [0.15, 0.2) is 66.0 Å². The lowest BCUT2D eigenvalue weighted by atomic mass is 9.89. The average Bonchev–Trinajstić information content (AvgIpc) is 2.72. The van der Waals surface area contributed by atoms with E-state index in [1.54, 1.807) is 43.3 Å². The van der Waals surface area contributed by atoms with Crippen molar-refractivity contribution in [2.75, 3.05) is 7.11 Å². The Kier molecular flexibility index (Phi) is 6.25. The van der Waals surface area contributed by atoms with E-state index in [0.717, 1.165) is 18.1 Å². The standard InChI is InChI=1S/C22H18F3NO4/c1-13-8-14(9-15-10-19(24)20(25)11-18(15)23)17(21(27)29-2)12-26(13)22(28)30-16-6-4-3-5-7-16/h3-8,10-12,14H,9H2,1-2H3/t14-/m0/s1. The van der Waals surface area contributed by atoms with Gasteiger partial charge in [-0.3, -0.25) is 4.90 Å². The summed E-state index contributed by atoms with van der Waals surface area (Å²) in [6.45, 7) is 1.60. The highest BCUT2D eigenvalue weighted by Crippen LogP contribution is 2.30. The third kappa shape index (κ3) is 4.53. The zero-order chi connectivity index (χ0) is 21.8. The molecule has 156 valence electrons. The van der Waals surface area contributed by atoms with Crippen LogP contribution in [0.3, 0.4) is 0 Å². The van der Waals surface area contributed by atoms with Crippen LogP contribution in [0.5, 0.6) is 5.75 Å². The van der Waals surface area contributed by atoms with Gasteiger partial charge in [0.05, 0.1) is 12.7 Å². The van der Waals surface area contributed by atoms with Gasteiger partial charge >= 0.3 is 12.1 Å². The third-order valence-electron chi connectivity index (χ3n) is 4.59. The summed E-state index contributed by atoms with van der Waals surface area (Å²) in [5, 5.41) is 0. The number of carbonyl (C=O) groups is 2. The molecule has 1 atom stereocenters. The number of ether oxygens (including phenoxy) is 2. The van der Waals surface area contributed by atoms with E-state index in [2.05, 4.69) is 0 Å². The maximum absolute atomic E-state index is 14.1. The lowest BCUT2D eigenvalue weighted by Gasteiger charge is -2.28. The first kappa shape index (κ1) is 21.2. The fourth-order valence-corrected chi connectivity index (χ4v) is 3.08. The van der Waals surface area contributed by atoms with E-state index in [0.29, 0.717) is 17.5 Å². The molecule has 0 saturated heterocycles. The molecular formula is C22H18F3NO4. The van der Waals surface area contributed by atoms with Crippen molar-refractivity contribution in [3.05, 3.63) is 89.0 Å². The highest BCUT2D eigenvalue weighted by molar-refractivity contribution is 5.91. The molecule has 1 heterocycles. The van der Waals surface area contributed by atoms with Crippen LogP contribution in [0.25, 0.3) is 0 Å². The summed E-state index contributed by atoms with van der Waals surface area (Å²) in [7, 11) is 1.16. The predicted molar refractivity (Wildman–Crippen MR) is 102 cm³/mol. The molecule has 2 aromatic carbocycles. The fraction of sp³-hybridized carbons (Fsp3) is 0.182. The predicted octanol–water partition coefficient (Wildman–Crippen LogP) is 4.74. The van der Waals surface area contributed by atoms with Crippen molar-refractivity contribution in [1.82, 2.24) is 4.90 Å². The molecule has 2 aromatic rings. The summed E-state index contributed by atoms with van der Waals surface area (Å²) in [5.74, 6) is -4.59. The molecule has 0 bridgehead atoms. The van der Waals surface area contributed by atoms with Gasteiger partial charge in [-0.2, -0.15) is 0 Å². The maximum atomic E-state index is 14.1. The molecule has 3 rings (SSSR count). The molecule has 0 radical (unpaired) electrons. The number of allylic oxidation sites excluding steroid dienone is 2. The van der Waals surface area contributed by atoms with Crippen LogP contribution in [-0.2, 0) is 16.0 Å². The van der Waals surface area contributed by atoms with Crippen molar-refractivity contribution in [2.45, 2.75) is 13.3 Å². The summed E-state index contributed by atoms with van der Waals surface area (Å²) < 4.78 is 50.9. The van der Waals surface area contributed by atoms with Crippen molar-refractivity contribution < 1.29 is 32.2 Å². The summed E-state index contributed by atoms with van der Waals surface area (Å²) in [4.78, 5) is 26.0. The fourth-order valence-electron chi connectivity index (χ4n) is 3.08. The van der Waals surface area contributed by atoms with Crippen molar-refractivity contribution in [3.8, 4) is 5.75 Å². The van der Waals surface area contributed by atoms with Gasteiger partial charge in [-0.05, 0) is 37.1 Å². The van der Waals surface area contributed by atoms with Gasteiger partial charge < -0.3 is 9.47 Å². The van der Waals surface area contributed by atoms with E-state index in [-0.39, 0.29) is 17.6 Å². The zero-order valence-corrected chi connectivity index (χ0v) is 16.2. The second-order valence-electron chi connectivity index (χ2n) is 6.60. The second-order valence-corrected chi connectivity index (χ2v) is 6.60. The van der Waals surface area contributed by atoms with Crippen LogP contribution in [0.1, 0.15) is 12.5 Å². The number of amides is 1. The monoisotopic (exact) mass is 417 g/mol. The second kappa shape index (κ2) is 8.86. The molecule has 30 heavy (non-hydrogen) atoms. The van der Waals surface area contributed by atoms with Crippen LogP contribution < -0.4 is 4.74 Å². The molecule has 1 aliphatic heterocycles. The van der Waals surface area contributed by atoms with Crippen LogP contribution in [0.2, 0.25) is 0 Å². The lowest BCUT2D eigenvalue weighted by Crippen LogP contribution is -2.33. The molecular weight excluding hydrogens is 399 g/mol.